The predicted molar refractivity (Wildman–Crippen MR) is 63.1 cm³/mol. The number of hydrogen-bond donors (Lipinski definition) is 3. The molecule has 0 saturated carbocycles. The van der Waals surface area contributed by atoms with Gasteiger partial charge in [-0.2, -0.15) is 0 Å². The second-order valence-electron chi connectivity index (χ2n) is 4.31. The monoisotopic (exact) mass is 229 g/mol. The van der Waals surface area contributed by atoms with Gasteiger partial charge in [-0.3, -0.25) is 5.32 Å². The van der Waals surface area contributed by atoms with Gasteiger partial charge in [-0.1, -0.05) is 19.8 Å². The number of aliphatic hydroxyl groups excluding tert-OH is 1. The topological polar surface area (TPSA) is 64.6 Å². The predicted octanol–water partition coefficient (Wildman–Crippen LogP) is 0.498. The number of amides is 2. The summed E-state index contributed by atoms with van der Waals surface area (Å²) in [4.78, 5) is 13.1. The first-order chi connectivity index (χ1) is 7.65. The highest BCUT2D eigenvalue weighted by Gasteiger charge is 2.24. The van der Waals surface area contributed by atoms with Crippen LogP contribution in [0.4, 0.5) is 4.79 Å². The van der Waals surface area contributed by atoms with Crippen LogP contribution < -0.4 is 10.6 Å². The quantitative estimate of drug-likeness (QED) is 0.595. The molecular formula is C11H23N3O2. The van der Waals surface area contributed by atoms with E-state index in [1.165, 1.54) is 0 Å². The van der Waals surface area contributed by atoms with Crippen molar-refractivity contribution in [3.63, 3.8) is 0 Å². The van der Waals surface area contributed by atoms with Gasteiger partial charge in [0.05, 0.1) is 12.3 Å². The summed E-state index contributed by atoms with van der Waals surface area (Å²) in [6.07, 6.45) is 2.64. The Kier molecular flexibility index (Phi) is 5.55. The van der Waals surface area contributed by atoms with E-state index >= 15 is 0 Å². The van der Waals surface area contributed by atoms with Crippen LogP contribution in [0.1, 0.15) is 33.1 Å². The van der Waals surface area contributed by atoms with Gasteiger partial charge < -0.3 is 15.3 Å². The summed E-state index contributed by atoms with van der Waals surface area (Å²) in [5.41, 5.74) is 0. The Morgan fingerprint density at radius 3 is 2.94 bits per heavy atom. The Bertz CT molecular complexity index is 223. The van der Waals surface area contributed by atoms with Gasteiger partial charge in [0.15, 0.2) is 0 Å². The van der Waals surface area contributed by atoms with Crippen molar-refractivity contribution in [1.82, 2.24) is 15.5 Å². The van der Waals surface area contributed by atoms with E-state index in [4.69, 9.17) is 0 Å². The molecule has 0 aliphatic carbocycles. The largest absolute Gasteiger partial charge is 0.392 e. The maximum Gasteiger partial charge on any atom is 0.318 e. The van der Waals surface area contributed by atoms with Crippen molar-refractivity contribution in [2.45, 2.75) is 45.4 Å². The maximum absolute atomic E-state index is 11.3. The highest BCUT2D eigenvalue weighted by atomic mass is 16.3. The lowest BCUT2D eigenvalue weighted by Gasteiger charge is -2.25. The van der Waals surface area contributed by atoms with Gasteiger partial charge in [0.1, 0.15) is 0 Å². The van der Waals surface area contributed by atoms with Gasteiger partial charge in [-0.05, 0) is 13.3 Å². The zero-order valence-electron chi connectivity index (χ0n) is 10.2. The van der Waals surface area contributed by atoms with Gasteiger partial charge in [0, 0.05) is 19.6 Å². The zero-order valence-corrected chi connectivity index (χ0v) is 10.2. The van der Waals surface area contributed by atoms with E-state index in [-0.39, 0.29) is 18.3 Å². The summed E-state index contributed by atoms with van der Waals surface area (Å²) < 4.78 is 0. The van der Waals surface area contributed by atoms with Gasteiger partial charge in [0.2, 0.25) is 0 Å². The fraction of sp³-hybridized carbons (Fsp3) is 0.909. The summed E-state index contributed by atoms with van der Waals surface area (Å²) in [7, 11) is 0. The molecule has 5 nitrogen and oxygen atoms in total. The Morgan fingerprint density at radius 2 is 2.38 bits per heavy atom. The standard InChI is InChI=1S/C11H23N3O2/c1-3-4-5-10(15)8-13-9(2)14-7-6-12-11(14)16/h9-10,13,15H,3-8H2,1-2H3,(H,12,16). The normalized spacial score (nSPS) is 19.7. The molecule has 1 saturated heterocycles. The fourth-order valence-corrected chi connectivity index (χ4v) is 1.81. The highest BCUT2D eigenvalue weighted by Crippen LogP contribution is 2.03. The van der Waals surface area contributed by atoms with Crippen LogP contribution in [0.5, 0.6) is 0 Å². The molecule has 1 fully saturated rings. The number of nitrogens with zero attached hydrogens (tertiary/aromatic N) is 1. The molecule has 1 aliphatic heterocycles. The third-order valence-corrected chi connectivity index (χ3v) is 2.90. The smallest absolute Gasteiger partial charge is 0.318 e. The van der Waals surface area contributed by atoms with Crippen LogP contribution in [0.25, 0.3) is 0 Å². The van der Waals surface area contributed by atoms with Crippen molar-refractivity contribution in [3.8, 4) is 0 Å². The maximum atomic E-state index is 11.3. The van der Waals surface area contributed by atoms with Crippen LogP contribution in [0, 0.1) is 0 Å². The van der Waals surface area contributed by atoms with Crippen molar-refractivity contribution in [1.29, 1.82) is 0 Å². The van der Waals surface area contributed by atoms with Crippen molar-refractivity contribution in [2.24, 2.45) is 0 Å². The Morgan fingerprint density at radius 1 is 1.62 bits per heavy atom. The molecule has 16 heavy (non-hydrogen) atoms. The van der Waals surface area contributed by atoms with Crippen LogP contribution in [0.15, 0.2) is 0 Å². The van der Waals surface area contributed by atoms with Gasteiger partial charge in [-0.25, -0.2) is 4.79 Å². The molecule has 1 heterocycles. The molecule has 94 valence electrons. The third-order valence-electron chi connectivity index (χ3n) is 2.90. The minimum absolute atomic E-state index is 0.0150. The Labute approximate surface area is 97.2 Å². The molecule has 0 aromatic rings. The molecule has 5 heteroatoms. The molecule has 1 aliphatic rings. The van der Waals surface area contributed by atoms with E-state index in [1.54, 1.807) is 4.90 Å². The molecule has 0 radical (unpaired) electrons. The molecule has 2 atom stereocenters. The van der Waals surface area contributed by atoms with Crippen molar-refractivity contribution in [2.75, 3.05) is 19.6 Å². The van der Waals surface area contributed by atoms with E-state index in [0.29, 0.717) is 13.1 Å². The lowest BCUT2D eigenvalue weighted by Crippen LogP contribution is -2.47. The summed E-state index contributed by atoms with van der Waals surface area (Å²) in [5.74, 6) is 0. The fourth-order valence-electron chi connectivity index (χ4n) is 1.81. The SMILES string of the molecule is CCCCC(O)CNC(C)N1CCNC1=O. The summed E-state index contributed by atoms with van der Waals surface area (Å²) in [6.45, 7) is 6.04. The zero-order chi connectivity index (χ0) is 12.0. The van der Waals surface area contributed by atoms with Gasteiger partial charge >= 0.3 is 6.03 Å². The molecule has 0 bridgehead atoms. The number of aliphatic hydroxyl groups is 1. The number of carbonyl (C=O) groups is 1. The minimum Gasteiger partial charge on any atom is -0.392 e. The third kappa shape index (κ3) is 3.98. The molecular weight excluding hydrogens is 206 g/mol. The average molecular weight is 229 g/mol. The average Bonchev–Trinajstić information content (AvgIpc) is 2.69. The van der Waals surface area contributed by atoms with Crippen LogP contribution in [-0.2, 0) is 0 Å². The van der Waals surface area contributed by atoms with Gasteiger partial charge in [0.25, 0.3) is 0 Å². The number of rotatable bonds is 7. The highest BCUT2D eigenvalue weighted by molar-refractivity contribution is 5.76. The van der Waals surface area contributed by atoms with Crippen LogP contribution in [0.2, 0.25) is 0 Å². The molecule has 2 amide bonds. The molecule has 0 aromatic heterocycles. The van der Waals surface area contributed by atoms with E-state index in [1.807, 2.05) is 6.92 Å². The second kappa shape index (κ2) is 6.70. The summed E-state index contributed by atoms with van der Waals surface area (Å²) in [5, 5.41) is 15.6. The van der Waals surface area contributed by atoms with E-state index < -0.39 is 0 Å². The molecule has 3 N–H and O–H groups in total. The lowest BCUT2D eigenvalue weighted by atomic mass is 10.1. The molecule has 0 spiro atoms. The van der Waals surface area contributed by atoms with Crippen molar-refractivity contribution < 1.29 is 9.90 Å². The summed E-state index contributed by atoms with van der Waals surface area (Å²) in [6, 6.07) is -0.0250. The van der Waals surface area contributed by atoms with Crippen molar-refractivity contribution in [3.05, 3.63) is 0 Å². The van der Waals surface area contributed by atoms with E-state index in [9.17, 15) is 9.90 Å². The number of carbonyl (C=O) groups excluding carboxylic acids is 1. The van der Waals surface area contributed by atoms with Crippen molar-refractivity contribution >= 4 is 6.03 Å². The van der Waals surface area contributed by atoms with E-state index in [2.05, 4.69) is 17.6 Å². The number of unbranched alkanes of at least 4 members (excludes halogenated alkanes) is 1. The first kappa shape index (κ1) is 13.3. The number of hydrogen-bond acceptors (Lipinski definition) is 3. The lowest BCUT2D eigenvalue weighted by molar-refractivity contribution is 0.137. The van der Waals surface area contributed by atoms with Gasteiger partial charge in [-0.15, -0.1) is 0 Å². The van der Waals surface area contributed by atoms with Crippen LogP contribution >= 0.6 is 0 Å². The van der Waals surface area contributed by atoms with Crippen LogP contribution in [0.3, 0.4) is 0 Å². The first-order valence-electron chi connectivity index (χ1n) is 6.11. The number of nitrogens with one attached hydrogen (secondary N) is 2. The Hall–Kier alpha value is -0.810. The minimum atomic E-state index is -0.312. The van der Waals surface area contributed by atoms with E-state index in [0.717, 1.165) is 25.8 Å². The first-order valence-corrected chi connectivity index (χ1v) is 6.11. The Balaban J connectivity index is 2.18. The summed E-state index contributed by atoms with van der Waals surface area (Å²) >= 11 is 0. The second-order valence-corrected chi connectivity index (χ2v) is 4.31. The molecule has 0 aromatic carbocycles. The molecule has 2 unspecified atom stereocenters. The molecule has 1 rings (SSSR count). The number of urea groups is 1. The van der Waals surface area contributed by atoms with Crippen LogP contribution in [-0.4, -0.2) is 47.9 Å².